The van der Waals surface area contributed by atoms with Crippen LogP contribution in [0.3, 0.4) is 0 Å². The monoisotopic (exact) mass is 500 g/mol. The number of rotatable bonds is 7. The summed E-state index contributed by atoms with van der Waals surface area (Å²) >= 11 is 0. The number of nitrogens with one attached hydrogen (secondary N) is 1. The van der Waals surface area contributed by atoms with Gasteiger partial charge in [-0.05, 0) is 56.7 Å². The van der Waals surface area contributed by atoms with Gasteiger partial charge in [0, 0.05) is 28.9 Å². The van der Waals surface area contributed by atoms with Gasteiger partial charge in [0.15, 0.2) is 0 Å². The predicted molar refractivity (Wildman–Crippen MR) is 127 cm³/mol. The van der Waals surface area contributed by atoms with Crippen molar-refractivity contribution < 1.29 is 26.7 Å². The van der Waals surface area contributed by atoms with Crippen molar-refractivity contribution in [2.45, 2.75) is 31.8 Å². The lowest BCUT2D eigenvalue weighted by molar-refractivity contribution is 0.245. The zero-order chi connectivity index (χ0) is 25.3. The Bertz CT molecular complexity index is 1530. The van der Waals surface area contributed by atoms with Gasteiger partial charge < -0.3 is 9.47 Å². The van der Waals surface area contributed by atoms with E-state index in [1.54, 1.807) is 6.07 Å². The molecule has 0 amide bonds. The SMILES string of the molecule is COc1ncc(-c2cc(OC(C)C)c3ncnc(C)c3c2)cc1NS(=O)(=O)c1ccc(F)cc1F. The number of benzene rings is 2. The summed E-state index contributed by atoms with van der Waals surface area (Å²) in [5.41, 5.74) is 2.54. The van der Waals surface area contributed by atoms with Crippen LogP contribution in [0.4, 0.5) is 14.5 Å². The first kappa shape index (κ1) is 24.3. The van der Waals surface area contributed by atoms with E-state index in [-0.39, 0.29) is 17.7 Å². The number of aromatic nitrogens is 3. The van der Waals surface area contributed by atoms with Crippen LogP contribution in [0, 0.1) is 18.6 Å². The number of methoxy groups -OCH3 is 1. The summed E-state index contributed by atoms with van der Waals surface area (Å²) in [6.07, 6.45) is 2.85. The summed E-state index contributed by atoms with van der Waals surface area (Å²) in [6.45, 7) is 5.63. The molecule has 8 nitrogen and oxygen atoms in total. The molecule has 0 saturated heterocycles. The van der Waals surface area contributed by atoms with E-state index in [2.05, 4.69) is 19.7 Å². The molecule has 0 atom stereocenters. The summed E-state index contributed by atoms with van der Waals surface area (Å²) < 4.78 is 66.6. The number of ether oxygens (including phenoxy) is 2. The molecule has 11 heteroatoms. The maximum Gasteiger partial charge on any atom is 0.264 e. The second-order valence-corrected chi connectivity index (χ2v) is 9.61. The minimum atomic E-state index is -4.41. The Balaban J connectivity index is 1.82. The number of halogens is 2. The maximum atomic E-state index is 14.2. The molecule has 1 N–H and O–H groups in total. The van der Waals surface area contributed by atoms with Crippen LogP contribution in [0.5, 0.6) is 11.6 Å². The molecule has 0 aliphatic carbocycles. The van der Waals surface area contributed by atoms with E-state index in [4.69, 9.17) is 9.47 Å². The summed E-state index contributed by atoms with van der Waals surface area (Å²) in [6, 6.07) is 7.33. The molecule has 0 fully saturated rings. The molecule has 2 aromatic heterocycles. The predicted octanol–water partition coefficient (Wildman–Crippen LogP) is 4.88. The average Bonchev–Trinajstić information content (AvgIpc) is 2.78. The number of hydrogen-bond acceptors (Lipinski definition) is 7. The van der Waals surface area contributed by atoms with Crippen molar-refractivity contribution in [3.05, 3.63) is 66.3 Å². The van der Waals surface area contributed by atoms with Gasteiger partial charge in [-0.2, -0.15) is 0 Å². The van der Waals surface area contributed by atoms with Crippen molar-refractivity contribution >= 4 is 26.6 Å². The van der Waals surface area contributed by atoms with Crippen LogP contribution in [0.25, 0.3) is 22.0 Å². The molecule has 0 aliphatic heterocycles. The highest BCUT2D eigenvalue weighted by Gasteiger charge is 2.22. The van der Waals surface area contributed by atoms with Crippen LogP contribution in [0.2, 0.25) is 0 Å². The number of pyridine rings is 1. The van der Waals surface area contributed by atoms with Gasteiger partial charge in [0.2, 0.25) is 5.88 Å². The first-order valence-corrected chi connectivity index (χ1v) is 12.0. The number of fused-ring (bicyclic) bond motifs is 1. The van der Waals surface area contributed by atoms with Crippen molar-refractivity contribution in [3.8, 4) is 22.8 Å². The Hall–Kier alpha value is -3.86. The molecule has 4 rings (SSSR count). The van der Waals surface area contributed by atoms with Crippen LogP contribution in [-0.2, 0) is 10.0 Å². The number of nitrogens with zero attached hydrogens (tertiary/aromatic N) is 3. The maximum absolute atomic E-state index is 14.2. The van der Waals surface area contributed by atoms with Gasteiger partial charge in [0.05, 0.1) is 13.2 Å². The van der Waals surface area contributed by atoms with Gasteiger partial charge in [-0.15, -0.1) is 0 Å². The molecule has 2 heterocycles. The summed E-state index contributed by atoms with van der Waals surface area (Å²) in [4.78, 5) is 12.1. The average molecular weight is 501 g/mol. The van der Waals surface area contributed by atoms with Gasteiger partial charge in [-0.25, -0.2) is 32.2 Å². The molecule has 0 radical (unpaired) electrons. The van der Waals surface area contributed by atoms with E-state index < -0.39 is 26.6 Å². The Kier molecular flexibility index (Phi) is 6.53. The molecule has 0 bridgehead atoms. The van der Waals surface area contributed by atoms with E-state index in [1.165, 1.54) is 25.7 Å². The summed E-state index contributed by atoms with van der Waals surface area (Å²) in [5.74, 6) is -1.61. The summed E-state index contributed by atoms with van der Waals surface area (Å²) in [5, 5.41) is 0.756. The third kappa shape index (κ3) is 4.99. The van der Waals surface area contributed by atoms with E-state index in [9.17, 15) is 17.2 Å². The molecule has 0 saturated carbocycles. The minimum Gasteiger partial charge on any atom is -0.489 e. The topological polar surface area (TPSA) is 103 Å². The van der Waals surface area contributed by atoms with E-state index >= 15 is 0 Å². The van der Waals surface area contributed by atoms with Crippen molar-refractivity contribution in [1.82, 2.24) is 15.0 Å². The van der Waals surface area contributed by atoms with Crippen molar-refractivity contribution in [1.29, 1.82) is 0 Å². The number of sulfonamides is 1. The molecule has 35 heavy (non-hydrogen) atoms. The fraction of sp³-hybridized carbons (Fsp3) is 0.208. The normalized spacial score (nSPS) is 11.6. The lowest BCUT2D eigenvalue weighted by Crippen LogP contribution is -2.15. The van der Waals surface area contributed by atoms with Crippen LogP contribution in [0.1, 0.15) is 19.5 Å². The van der Waals surface area contributed by atoms with Crippen LogP contribution in [0.15, 0.2) is 53.8 Å². The van der Waals surface area contributed by atoms with Crippen LogP contribution in [-0.4, -0.2) is 36.6 Å². The standard InChI is InChI=1S/C24H22F2N4O4S/c1-13(2)34-21-9-15(7-18-14(3)28-12-29-23(18)21)16-8-20(24(33-4)27-11-16)30-35(31,32)22-6-5-17(25)10-19(22)26/h5-13,30H,1-4H3. The zero-order valence-electron chi connectivity index (χ0n) is 19.3. The van der Waals surface area contributed by atoms with E-state index in [0.29, 0.717) is 28.5 Å². The van der Waals surface area contributed by atoms with Gasteiger partial charge in [-0.1, -0.05) is 0 Å². The van der Waals surface area contributed by atoms with E-state index in [0.717, 1.165) is 23.2 Å². The molecule has 0 aliphatic rings. The fourth-order valence-electron chi connectivity index (χ4n) is 3.51. The molecular weight excluding hydrogens is 478 g/mol. The quantitative estimate of drug-likeness (QED) is 0.386. The molecule has 2 aromatic carbocycles. The number of hydrogen-bond donors (Lipinski definition) is 1. The second-order valence-electron chi connectivity index (χ2n) is 7.96. The Morgan fingerprint density at radius 2 is 1.77 bits per heavy atom. The van der Waals surface area contributed by atoms with Gasteiger partial charge >= 0.3 is 0 Å². The van der Waals surface area contributed by atoms with Crippen LogP contribution >= 0.6 is 0 Å². The first-order chi connectivity index (χ1) is 16.6. The molecule has 4 aromatic rings. The Morgan fingerprint density at radius 1 is 1.00 bits per heavy atom. The smallest absolute Gasteiger partial charge is 0.264 e. The minimum absolute atomic E-state index is 0.0267. The van der Waals surface area contributed by atoms with Crippen molar-refractivity contribution in [2.24, 2.45) is 0 Å². The Labute approximate surface area is 201 Å². The number of anilines is 1. The van der Waals surface area contributed by atoms with Gasteiger partial charge in [0.1, 0.15) is 39.8 Å². The highest BCUT2D eigenvalue weighted by Crippen LogP contribution is 2.36. The first-order valence-electron chi connectivity index (χ1n) is 10.5. The highest BCUT2D eigenvalue weighted by atomic mass is 32.2. The van der Waals surface area contributed by atoms with Crippen molar-refractivity contribution in [2.75, 3.05) is 11.8 Å². The lowest BCUT2D eigenvalue weighted by Gasteiger charge is -2.16. The molecule has 182 valence electrons. The van der Waals surface area contributed by atoms with Crippen LogP contribution < -0.4 is 14.2 Å². The zero-order valence-corrected chi connectivity index (χ0v) is 20.2. The fourth-order valence-corrected chi connectivity index (χ4v) is 4.62. The van der Waals surface area contributed by atoms with Crippen molar-refractivity contribution in [3.63, 3.8) is 0 Å². The largest absolute Gasteiger partial charge is 0.489 e. The second kappa shape index (κ2) is 9.41. The third-order valence-corrected chi connectivity index (χ3v) is 6.47. The highest BCUT2D eigenvalue weighted by molar-refractivity contribution is 7.92. The van der Waals surface area contributed by atoms with Gasteiger partial charge in [-0.3, -0.25) is 4.72 Å². The Morgan fingerprint density at radius 3 is 2.46 bits per heavy atom. The third-order valence-electron chi connectivity index (χ3n) is 5.07. The molecule has 0 spiro atoms. The number of aryl methyl sites for hydroxylation is 1. The summed E-state index contributed by atoms with van der Waals surface area (Å²) in [7, 11) is -3.09. The lowest BCUT2D eigenvalue weighted by atomic mass is 10.0. The molecule has 0 unspecified atom stereocenters. The van der Waals surface area contributed by atoms with Gasteiger partial charge in [0.25, 0.3) is 10.0 Å². The molecular formula is C24H22F2N4O4S. The van der Waals surface area contributed by atoms with E-state index in [1.807, 2.05) is 26.8 Å².